The average Bonchev–Trinajstić information content (AvgIpc) is 2.44. The molecule has 0 unspecified atom stereocenters. The van der Waals surface area contributed by atoms with E-state index in [-0.39, 0.29) is 63.9 Å². The molecule has 0 fully saturated rings. The van der Waals surface area contributed by atoms with E-state index in [0.717, 1.165) is 11.1 Å². The molecule has 0 amide bonds. The number of ether oxygens (including phenoxy) is 1. The van der Waals surface area contributed by atoms with Crippen LogP contribution in [0.1, 0.15) is 17.5 Å². The Bertz CT molecular complexity index is 623. The first-order valence-electron chi connectivity index (χ1n) is 6.23. The molecule has 4 heteroatoms. The van der Waals surface area contributed by atoms with Gasteiger partial charge in [-0.05, 0) is 30.5 Å². The van der Waals surface area contributed by atoms with Gasteiger partial charge < -0.3 is 4.74 Å². The Labute approximate surface area is 166 Å². The number of hydrogen-bond donors (Lipinski definition) is 0. The fourth-order valence-corrected chi connectivity index (χ4v) is 2.27. The van der Waals surface area contributed by atoms with Crippen molar-refractivity contribution < 1.29 is 71.7 Å². The molecule has 0 bridgehead atoms. The van der Waals surface area contributed by atoms with Crippen molar-refractivity contribution in [2.75, 3.05) is 0 Å². The molecule has 1 aliphatic rings. The van der Waals surface area contributed by atoms with Gasteiger partial charge in [0.1, 0.15) is 5.75 Å². The summed E-state index contributed by atoms with van der Waals surface area (Å²) in [6.45, 7) is 3.47. The second-order valence-electron chi connectivity index (χ2n) is 4.73. The molecule has 0 spiro atoms. The minimum atomic E-state index is -0.899. The van der Waals surface area contributed by atoms with Gasteiger partial charge in [-0.1, -0.05) is 29.8 Å². The van der Waals surface area contributed by atoms with Gasteiger partial charge in [0, 0.05) is 5.56 Å². The van der Waals surface area contributed by atoms with Gasteiger partial charge in [0.05, 0.1) is 0 Å². The third-order valence-electron chi connectivity index (χ3n) is 3.33. The fourth-order valence-electron chi connectivity index (χ4n) is 2.27. The molecule has 0 atom stereocenters. The largest absolute Gasteiger partial charge is 1.00 e. The number of benzene rings is 2. The van der Waals surface area contributed by atoms with Crippen molar-refractivity contribution in [3.63, 3.8) is 0 Å². The van der Waals surface area contributed by atoms with Crippen molar-refractivity contribution in [1.82, 2.24) is 0 Å². The van der Waals surface area contributed by atoms with Crippen molar-refractivity contribution in [2.45, 2.75) is 19.8 Å². The van der Waals surface area contributed by atoms with Crippen molar-refractivity contribution in [3.05, 3.63) is 59.7 Å². The van der Waals surface area contributed by atoms with Gasteiger partial charge in [0.15, 0.2) is 11.6 Å². The van der Waals surface area contributed by atoms with Crippen LogP contribution in [0.3, 0.4) is 0 Å². The van der Waals surface area contributed by atoms with Gasteiger partial charge in [0.25, 0.3) is 0 Å². The van der Waals surface area contributed by atoms with Crippen molar-refractivity contribution >= 4 is 0 Å². The Morgan fingerprint density at radius 1 is 1.10 bits per heavy atom. The SMILES string of the molecule is Cc1ccc(-c2cc3c(c(F)c2F)O[CH-]CC3)cc1.[Rb+]. The van der Waals surface area contributed by atoms with Crippen LogP contribution in [0.15, 0.2) is 30.3 Å². The number of fused-ring (bicyclic) bond motifs is 1. The normalized spacial score (nSPS) is 13.2. The maximum atomic E-state index is 14.1. The molecular formula is C16H13F2ORb. The van der Waals surface area contributed by atoms with Gasteiger partial charge >= 0.3 is 58.2 Å². The first kappa shape index (κ1) is 16.3. The molecule has 0 aromatic heterocycles. The van der Waals surface area contributed by atoms with Crippen LogP contribution >= 0.6 is 0 Å². The molecule has 3 rings (SSSR count). The van der Waals surface area contributed by atoms with Crippen LogP contribution in [-0.4, -0.2) is 0 Å². The number of halogens is 2. The van der Waals surface area contributed by atoms with E-state index in [9.17, 15) is 8.78 Å². The standard InChI is InChI=1S/C16H13F2O.Rb/c1-10-4-6-11(7-5-10)13-9-12-3-2-8-19-16(12)15(18)14(13)17;/h4-9H,2-3H2,1H3;/q-1;+1. The van der Waals surface area contributed by atoms with E-state index in [0.29, 0.717) is 24.0 Å². The van der Waals surface area contributed by atoms with Crippen LogP contribution < -0.4 is 62.9 Å². The monoisotopic (exact) mass is 344 g/mol. The molecule has 0 radical (unpaired) electrons. The molecule has 0 saturated heterocycles. The maximum absolute atomic E-state index is 14.1. The van der Waals surface area contributed by atoms with Crippen molar-refractivity contribution in [2.24, 2.45) is 0 Å². The topological polar surface area (TPSA) is 9.23 Å². The van der Waals surface area contributed by atoms with Crippen LogP contribution in [0.2, 0.25) is 0 Å². The van der Waals surface area contributed by atoms with Crippen LogP contribution in [0.5, 0.6) is 5.75 Å². The Morgan fingerprint density at radius 3 is 2.50 bits per heavy atom. The van der Waals surface area contributed by atoms with Gasteiger partial charge in [-0.2, -0.15) is 11.0 Å². The van der Waals surface area contributed by atoms with Crippen LogP contribution in [0, 0.1) is 25.2 Å². The zero-order valence-corrected chi connectivity index (χ0v) is 16.5. The fraction of sp³-hybridized carbons (Fsp3) is 0.188. The molecule has 1 aliphatic heterocycles. The minimum absolute atomic E-state index is 0. The summed E-state index contributed by atoms with van der Waals surface area (Å²) in [6.07, 6.45) is 1.39. The van der Waals surface area contributed by atoms with E-state index < -0.39 is 11.6 Å². The summed E-state index contributed by atoms with van der Waals surface area (Å²) in [7, 11) is 0. The minimum Gasteiger partial charge on any atom is -0.660 e. The molecule has 0 aliphatic carbocycles. The number of rotatable bonds is 1. The van der Waals surface area contributed by atoms with E-state index in [4.69, 9.17) is 4.74 Å². The van der Waals surface area contributed by atoms with Crippen LogP contribution in [0.4, 0.5) is 8.78 Å². The quantitative estimate of drug-likeness (QED) is 0.711. The molecule has 0 N–H and O–H groups in total. The summed E-state index contributed by atoms with van der Waals surface area (Å²) >= 11 is 0. The maximum Gasteiger partial charge on any atom is 1.00 e. The predicted molar refractivity (Wildman–Crippen MR) is 69.8 cm³/mol. The first-order valence-corrected chi connectivity index (χ1v) is 6.23. The van der Waals surface area contributed by atoms with Crippen LogP contribution in [-0.2, 0) is 6.42 Å². The van der Waals surface area contributed by atoms with Gasteiger partial charge in [-0.15, -0.1) is 6.42 Å². The molecule has 2 aromatic rings. The molecule has 20 heavy (non-hydrogen) atoms. The summed E-state index contributed by atoms with van der Waals surface area (Å²) in [5.41, 5.74) is 2.78. The van der Waals surface area contributed by atoms with E-state index in [1.807, 2.05) is 19.1 Å². The number of hydrogen-bond acceptors (Lipinski definition) is 1. The molecule has 98 valence electrons. The smallest absolute Gasteiger partial charge is 0.660 e. The van der Waals surface area contributed by atoms with E-state index in [1.54, 1.807) is 18.2 Å². The van der Waals surface area contributed by atoms with Gasteiger partial charge in [0.2, 0.25) is 0 Å². The second-order valence-corrected chi connectivity index (χ2v) is 4.73. The van der Waals surface area contributed by atoms with E-state index in [1.165, 1.54) is 6.61 Å². The van der Waals surface area contributed by atoms with Gasteiger partial charge in [-0.3, -0.25) is 0 Å². The van der Waals surface area contributed by atoms with Gasteiger partial charge in [-0.25, -0.2) is 4.39 Å². The Kier molecular flexibility index (Phi) is 5.52. The molecule has 1 heterocycles. The Hall–Kier alpha value is -0.0948. The van der Waals surface area contributed by atoms with Crippen molar-refractivity contribution in [1.29, 1.82) is 0 Å². The number of aryl methyl sites for hydroxylation is 2. The zero-order chi connectivity index (χ0) is 13.4. The molecular weight excluding hydrogens is 332 g/mol. The van der Waals surface area contributed by atoms with Crippen molar-refractivity contribution in [3.8, 4) is 16.9 Å². The van der Waals surface area contributed by atoms with E-state index in [2.05, 4.69) is 0 Å². The second kappa shape index (κ2) is 6.78. The third-order valence-corrected chi connectivity index (χ3v) is 3.33. The summed E-state index contributed by atoms with van der Waals surface area (Å²) in [5.74, 6) is -1.72. The molecule has 0 saturated carbocycles. The summed E-state index contributed by atoms with van der Waals surface area (Å²) in [4.78, 5) is 0. The zero-order valence-electron chi connectivity index (χ0n) is 11.5. The Morgan fingerprint density at radius 2 is 1.80 bits per heavy atom. The summed E-state index contributed by atoms with van der Waals surface area (Å²) in [6, 6.07) is 9.06. The van der Waals surface area contributed by atoms with Crippen LogP contribution in [0.25, 0.3) is 11.1 Å². The average molecular weight is 345 g/mol. The molecule has 1 nitrogen and oxygen atoms in total. The van der Waals surface area contributed by atoms with E-state index >= 15 is 0 Å². The first-order chi connectivity index (χ1) is 9.16. The third kappa shape index (κ3) is 3.06. The summed E-state index contributed by atoms with van der Waals surface area (Å²) < 4.78 is 33.2. The summed E-state index contributed by atoms with van der Waals surface area (Å²) in [5, 5.41) is 0. The predicted octanol–water partition coefficient (Wildman–Crippen LogP) is 1.43. The Balaban J connectivity index is 0.00000147. The molecule has 2 aromatic carbocycles.